The molecule has 0 fully saturated rings. The van der Waals surface area contributed by atoms with Gasteiger partial charge in [-0.15, -0.1) is 10.1 Å². The smallest absolute Gasteiger partial charge is 0.294 e. The van der Waals surface area contributed by atoms with Gasteiger partial charge >= 0.3 is 0 Å². The molecule has 0 saturated heterocycles. The second-order valence-electron chi connectivity index (χ2n) is 5.43. The fraction of sp³-hybridized carbons (Fsp3) is 0.538. The summed E-state index contributed by atoms with van der Waals surface area (Å²) >= 11 is 7.42. The Morgan fingerprint density at radius 3 is 2.76 bits per heavy atom. The van der Waals surface area contributed by atoms with E-state index in [9.17, 15) is 18.5 Å². The second kappa shape index (κ2) is 8.90. The number of unbranched alkanes of at least 4 members (excludes halogenated alkanes) is 3. The van der Waals surface area contributed by atoms with Crippen molar-refractivity contribution in [3.8, 4) is 0 Å². The number of halogens is 1. The molecule has 25 heavy (non-hydrogen) atoms. The van der Waals surface area contributed by atoms with Crippen LogP contribution in [0.25, 0.3) is 0 Å². The van der Waals surface area contributed by atoms with Crippen molar-refractivity contribution in [2.75, 3.05) is 25.1 Å². The van der Waals surface area contributed by atoms with Gasteiger partial charge in [-0.2, -0.15) is 0 Å². The zero-order valence-corrected chi connectivity index (χ0v) is 15.7. The highest BCUT2D eigenvalue weighted by Gasteiger charge is 2.22. The number of primary sulfonamides is 1. The molecule has 0 saturated carbocycles. The van der Waals surface area contributed by atoms with Gasteiger partial charge in [0.15, 0.2) is 0 Å². The maximum absolute atomic E-state index is 11.6. The highest BCUT2D eigenvalue weighted by Crippen LogP contribution is 2.38. The van der Waals surface area contributed by atoms with E-state index in [1.54, 1.807) is 6.07 Å². The zero-order chi connectivity index (χ0) is 18.4. The Morgan fingerprint density at radius 2 is 2.08 bits per heavy atom. The van der Waals surface area contributed by atoms with E-state index >= 15 is 0 Å². The molecule has 12 heteroatoms. The minimum Gasteiger partial charge on any atom is -0.371 e. The van der Waals surface area contributed by atoms with Crippen LogP contribution in [0.2, 0.25) is 5.02 Å². The number of fused-ring (bicyclic) bond motifs is 1. The van der Waals surface area contributed by atoms with E-state index in [2.05, 4.69) is 14.5 Å². The van der Waals surface area contributed by atoms with E-state index in [-0.39, 0.29) is 16.5 Å². The minimum atomic E-state index is -3.87. The van der Waals surface area contributed by atoms with Crippen molar-refractivity contribution < 1.29 is 18.3 Å². The third-order valence-electron chi connectivity index (χ3n) is 3.51. The van der Waals surface area contributed by atoms with E-state index < -0.39 is 15.1 Å². The molecule has 0 amide bonds. The van der Waals surface area contributed by atoms with Gasteiger partial charge in [0.05, 0.1) is 24.0 Å². The highest BCUT2D eigenvalue weighted by atomic mass is 35.5. The van der Waals surface area contributed by atoms with Gasteiger partial charge in [-0.05, 0) is 36.9 Å². The Hall–Kier alpha value is -1.27. The summed E-state index contributed by atoms with van der Waals surface area (Å²) < 4.78 is 25.2. The van der Waals surface area contributed by atoms with Crippen LogP contribution >= 0.6 is 23.5 Å². The van der Waals surface area contributed by atoms with Crippen LogP contribution in [0.15, 0.2) is 21.9 Å². The molecule has 0 radical (unpaired) electrons. The molecule has 1 aromatic rings. The molecule has 0 aliphatic carbocycles. The van der Waals surface area contributed by atoms with Crippen LogP contribution in [-0.2, 0) is 14.9 Å². The Labute approximate surface area is 155 Å². The van der Waals surface area contributed by atoms with Crippen molar-refractivity contribution in [1.29, 1.82) is 0 Å². The van der Waals surface area contributed by atoms with E-state index in [1.165, 1.54) is 18.0 Å². The number of anilines is 1. The number of rotatable bonds is 9. The van der Waals surface area contributed by atoms with Gasteiger partial charge in [-0.1, -0.05) is 24.4 Å². The summed E-state index contributed by atoms with van der Waals surface area (Å²) in [6, 6.07) is 3.04. The van der Waals surface area contributed by atoms with Crippen LogP contribution in [0.5, 0.6) is 0 Å². The third-order valence-corrected chi connectivity index (χ3v) is 5.99. The number of nitrogens with one attached hydrogen (secondary N) is 1. The average molecular weight is 411 g/mol. The standard InChI is InChI=1S/C13H19ClN4O5S2/c14-10-7-11-12(8-13(10)25(15,21)22)24-17(9-16-11)5-3-1-2-4-6-23-18(19)20/h7-8,16H,1-6,9H2,(H2,15,21,22). The first-order valence-corrected chi connectivity index (χ1v) is 10.3. The van der Waals surface area contributed by atoms with Crippen LogP contribution in [0, 0.1) is 10.1 Å². The molecule has 1 heterocycles. The Morgan fingerprint density at radius 1 is 1.36 bits per heavy atom. The van der Waals surface area contributed by atoms with Crippen molar-refractivity contribution >= 4 is 39.3 Å². The number of nitrogens with two attached hydrogens (primary N) is 1. The fourth-order valence-corrected chi connectivity index (χ4v) is 4.52. The summed E-state index contributed by atoms with van der Waals surface area (Å²) in [6.07, 6.45) is 3.33. The van der Waals surface area contributed by atoms with Crippen molar-refractivity contribution in [2.45, 2.75) is 35.5 Å². The maximum Gasteiger partial charge on any atom is 0.294 e. The first-order chi connectivity index (χ1) is 11.8. The van der Waals surface area contributed by atoms with E-state index in [1.807, 2.05) is 0 Å². The molecule has 1 aromatic carbocycles. The van der Waals surface area contributed by atoms with Crippen LogP contribution in [-0.4, -0.2) is 37.6 Å². The molecule has 1 aliphatic heterocycles. The molecule has 0 aromatic heterocycles. The van der Waals surface area contributed by atoms with Gasteiger partial charge in [0, 0.05) is 11.4 Å². The normalized spacial score (nSPS) is 14.6. The highest BCUT2D eigenvalue weighted by molar-refractivity contribution is 7.97. The Balaban J connectivity index is 1.81. The minimum absolute atomic E-state index is 0.0881. The van der Waals surface area contributed by atoms with Crippen LogP contribution in [0.4, 0.5) is 5.69 Å². The largest absolute Gasteiger partial charge is 0.371 e. The summed E-state index contributed by atoms with van der Waals surface area (Å²) in [5, 5.41) is 17.7. The molecular weight excluding hydrogens is 392 g/mol. The predicted octanol–water partition coefficient (Wildman–Crippen LogP) is 2.45. The molecule has 0 unspecified atom stereocenters. The van der Waals surface area contributed by atoms with Gasteiger partial charge in [-0.25, -0.2) is 17.9 Å². The van der Waals surface area contributed by atoms with Crippen molar-refractivity contribution in [3.63, 3.8) is 0 Å². The summed E-state index contributed by atoms with van der Waals surface area (Å²) in [6.45, 7) is 1.52. The number of sulfonamides is 1. The number of hydrogen-bond acceptors (Lipinski definition) is 8. The molecule has 9 nitrogen and oxygen atoms in total. The van der Waals surface area contributed by atoms with Gasteiger partial charge in [0.2, 0.25) is 10.0 Å². The number of benzene rings is 1. The fourth-order valence-electron chi connectivity index (χ4n) is 2.32. The number of nitrogens with zero attached hydrogens (tertiary/aromatic N) is 2. The molecule has 0 bridgehead atoms. The average Bonchev–Trinajstić information content (AvgIpc) is 2.52. The summed E-state index contributed by atoms with van der Waals surface area (Å²) in [5.41, 5.74) is 0.774. The molecule has 140 valence electrons. The molecule has 0 spiro atoms. The van der Waals surface area contributed by atoms with E-state index in [0.717, 1.165) is 36.4 Å². The van der Waals surface area contributed by atoms with Crippen LogP contribution in [0.1, 0.15) is 25.7 Å². The lowest BCUT2D eigenvalue weighted by Gasteiger charge is -2.29. The summed E-state index contributed by atoms with van der Waals surface area (Å²) in [4.78, 5) is 14.9. The SMILES string of the molecule is NS(=O)(=O)c1cc2c(cc1Cl)NCN(CCCCCCO[N+](=O)[O-])S2. The zero-order valence-electron chi connectivity index (χ0n) is 13.3. The lowest BCUT2D eigenvalue weighted by atomic mass is 10.2. The van der Waals surface area contributed by atoms with Gasteiger partial charge < -0.3 is 10.2 Å². The lowest BCUT2D eigenvalue weighted by Crippen LogP contribution is -2.28. The van der Waals surface area contributed by atoms with Crippen LogP contribution < -0.4 is 10.5 Å². The van der Waals surface area contributed by atoms with Gasteiger partial charge in [-0.3, -0.25) is 0 Å². The van der Waals surface area contributed by atoms with Crippen molar-refractivity contribution in [3.05, 3.63) is 27.3 Å². The first-order valence-electron chi connectivity index (χ1n) is 7.58. The molecular formula is C13H19ClN4O5S2. The molecule has 1 aliphatic rings. The Kier molecular flexibility index (Phi) is 7.14. The molecule has 2 rings (SSSR count). The number of hydrogen-bond donors (Lipinski definition) is 2. The van der Waals surface area contributed by atoms with E-state index in [0.29, 0.717) is 13.1 Å². The lowest BCUT2D eigenvalue weighted by molar-refractivity contribution is -0.757. The quantitative estimate of drug-likeness (QED) is 0.275. The molecule has 0 atom stereocenters. The van der Waals surface area contributed by atoms with E-state index in [4.69, 9.17) is 16.7 Å². The van der Waals surface area contributed by atoms with Gasteiger partial charge in [0.25, 0.3) is 5.09 Å². The third kappa shape index (κ3) is 6.19. The van der Waals surface area contributed by atoms with Crippen LogP contribution in [0.3, 0.4) is 0 Å². The van der Waals surface area contributed by atoms with Crippen molar-refractivity contribution in [1.82, 2.24) is 4.31 Å². The molecule has 3 N–H and O–H groups in total. The monoisotopic (exact) mass is 410 g/mol. The van der Waals surface area contributed by atoms with Gasteiger partial charge in [0.1, 0.15) is 4.90 Å². The summed E-state index contributed by atoms with van der Waals surface area (Å²) in [5.74, 6) is 0. The Bertz CT molecular complexity index is 731. The summed E-state index contributed by atoms with van der Waals surface area (Å²) in [7, 11) is -3.87. The second-order valence-corrected chi connectivity index (χ2v) is 8.50. The topological polar surface area (TPSA) is 128 Å². The predicted molar refractivity (Wildman–Crippen MR) is 95.3 cm³/mol. The first kappa shape index (κ1) is 20.0. The van der Waals surface area contributed by atoms with Crippen molar-refractivity contribution in [2.24, 2.45) is 5.14 Å². The maximum atomic E-state index is 11.6.